The monoisotopic (exact) mass is 721 g/mol. The van der Waals surface area contributed by atoms with Crippen LogP contribution < -0.4 is 21.9 Å². The van der Waals surface area contributed by atoms with Crippen LogP contribution in [0.4, 0.5) is 0 Å². The van der Waals surface area contributed by atoms with E-state index in [9.17, 15) is 4.79 Å². The molecule has 1 amide bonds. The van der Waals surface area contributed by atoms with E-state index in [0.29, 0.717) is 28.1 Å². The van der Waals surface area contributed by atoms with Crippen molar-refractivity contribution in [1.29, 1.82) is 0 Å². The number of hydrogen-bond donors (Lipinski definition) is 3. The summed E-state index contributed by atoms with van der Waals surface area (Å²) in [5, 5.41) is 7.92. The van der Waals surface area contributed by atoms with Crippen molar-refractivity contribution in [2.75, 3.05) is 20.1 Å². The number of pyridine rings is 2. The third kappa shape index (κ3) is 8.11. The Labute approximate surface area is 310 Å². The quantitative estimate of drug-likeness (QED) is 0.0893. The maximum absolute atomic E-state index is 11.9. The first-order valence-corrected chi connectivity index (χ1v) is 18.1. The van der Waals surface area contributed by atoms with Crippen molar-refractivity contribution < 1.29 is 4.79 Å². The van der Waals surface area contributed by atoms with Crippen molar-refractivity contribution in [2.24, 2.45) is 17.8 Å². The minimum atomic E-state index is -0.647. The minimum Gasteiger partial charge on any atom is -0.368 e. The van der Waals surface area contributed by atoms with Crippen LogP contribution >= 0.6 is 23.2 Å². The summed E-state index contributed by atoms with van der Waals surface area (Å²) in [6.45, 7) is 10.7. The van der Waals surface area contributed by atoms with Crippen molar-refractivity contribution in [1.82, 2.24) is 25.1 Å². The van der Waals surface area contributed by atoms with Crippen LogP contribution in [0.15, 0.2) is 109 Å². The standard InChI is InChI=1S/C41H45Cl2N7O/c1-5-7-11-30(45-3)25-50-24-28-16-17-35(48-36(28)26-50)34-15-9-14-33(39(34)43)32-13-8-12-31(38(32)42)27-18-21-49(4)37(22-27)47-29(10-6-2)23-46-41(19-20-41)40(44)51/h5-6,8-10,12-18,21-22,30,45-46H,1-2,7,11,19-20,23-26H2,3-4H3,(H2,44,51)/b29-10-,47-37?. The summed E-state index contributed by atoms with van der Waals surface area (Å²) in [5.74, 6) is -0.336. The topological polar surface area (TPSA) is 101 Å². The average molecular weight is 723 g/mol. The molecular formula is C41H45Cl2N7O. The number of amides is 1. The van der Waals surface area contributed by atoms with E-state index in [1.807, 2.05) is 85.5 Å². The molecule has 3 heterocycles. The number of carbonyl (C=O) groups excluding carboxylic acids is 1. The highest BCUT2D eigenvalue weighted by Gasteiger charge is 2.48. The van der Waals surface area contributed by atoms with Gasteiger partial charge in [0.05, 0.1) is 32.7 Å². The maximum Gasteiger partial charge on any atom is 0.237 e. The molecule has 0 saturated heterocycles. The second-order valence-corrected chi connectivity index (χ2v) is 14.1. The number of hydrogen-bond acceptors (Lipinski definition) is 6. The van der Waals surface area contributed by atoms with Crippen molar-refractivity contribution in [2.45, 2.75) is 50.4 Å². The van der Waals surface area contributed by atoms with Gasteiger partial charge >= 0.3 is 0 Å². The summed E-state index contributed by atoms with van der Waals surface area (Å²) in [5.41, 5.74) is 13.9. The van der Waals surface area contributed by atoms with Gasteiger partial charge in [-0.05, 0) is 68.1 Å². The predicted molar refractivity (Wildman–Crippen MR) is 209 cm³/mol. The number of nitrogens with zero attached hydrogens (tertiary/aromatic N) is 4. The molecule has 1 saturated carbocycles. The molecule has 51 heavy (non-hydrogen) atoms. The smallest absolute Gasteiger partial charge is 0.237 e. The van der Waals surface area contributed by atoms with E-state index in [4.69, 9.17) is 38.9 Å². The molecule has 1 unspecified atom stereocenters. The van der Waals surface area contributed by atoms with Gasteiger partial charge in [-0.15, -0.1) is 6.58 Å². The molecule has 0 radical (unpaired) electrons. The summed E-state index contributed by atoms with van der Waals surface area (Å²) >= 11 is 14.4. The van der Waals surface area contributed by atoms with Crippen LogP contribution in [0.2, 0.25) is 10.0 Å². The Balaban J connectivity index is 1.27. The first-order valence-electron chi connectivity index (χ1n) is 17.3. The number of rotatable bonds is 15. The fraction of sp³-hybridized carbons (Fsp3) is 0.293. The molecule has 1 aliphatic carbocycles. The van der Waals surface area contributed by atoms with E-state index < -0.39 is 5.54 Å². The number of nitrogens with one attached hydrogen (secondary N) is 2. The van der Waals surface area contributed by atoms with E-state index in [-0.39, 0.29) is 5.91 Å². The molecule has 10 heteroatoms. The van der Waals surface area contributed by atoms with E-state index in [2.05, 4.69) is 40.8 Å². The number of nitrogens with two attached hydrogens (primary N) is 1. The zero-order valence-corrected chi connectivity index (χ0v) is 30.8. The zero-order chi connectivity index (χ0) is 36.1. The number of aromatic nitrogens is 2. The summed E-state index contributed by atoms with van der Waals surface area (Å²) in [6, 6.07) is 20.7. The Kier molecular flexibility index (Phi) is 11.4. The molecule has 1 aliphatic heterocycles. The molecule has 4 aromatic rings. The van der Waals surface area contributed by atoms with Crippen LogP contribution in [0.3, 0.4) is 0 Å². The number of halogens is 2. The van der Waals surface area contributed by atoms with Crippen LogP contribution in [0, 0.1) is 0 Å². The maximum atomic E-state index is 11.9. The minimum absolute atomic E-state index is 0.336. The van der Waals surface area contributed by atoms with Crippen molar-refractivity contribution in [3.63, 3.8) is 0 Å². The lowest BCUT2D eigenvalue weighted by atomic mass is 9.97. The van der Waals surface area contributed by atoms with Crippen LogP contribution in [-0.4, -0.2) is 52.1 Å². The number of fused-ring (bicyclic) bond motifs is 1. The predicted octanol–water partition coefficient (Wildman–Crippen LogP) is 7.18. The van der Waals surface area contributed by atoms with Gasteiger partial charge in [0.1, 0.15) is 5.49 Å². The Morgan fingerprint density at radius 3 is 2.41 bits per heavy atom. The van der Waals surface area contributed by atoms with Crippen molar-refractivity contribution in [3.8, 4) is 33.5 Å². The van der Waals surface area contributed by atoms with Crippen LogP contribution in [0.5, 0.6) is 0 Å². The Morgan fingerprint density at radius 1 is 1.04 bits per heavy atom. The van der Waals surface area contributed by atoms with Gasteiger partial charge in [0.25, 0.3) is 0 Å². The number of benzene rings is 2. The van der Waals surface area contributed by atoms with Gasteiger partial charge in [-0.2, -0.15) is 0 Å². The molecule has 1 atom stereocenters. The van der Waals surface area contributed by atoms with Gasteiger partial charge in [-0.3, -0.25) is 20.0 Å². The Morgan fingerprint density at radius 2 is 1.75 bits per heavy atom. The van der Waals surface area contributed by atoms with Gasteiger partial charge in [0.2, 0.25) is 5.91 Å². The highest BCUT2D eigenvalue weighted by atomic mass is 35.5. The molecule has 6 rings (SSSR count). The van der Waals surface area contributed by atoms with Gasteiger partial charge in [0.15, 0.2) is 0 Å². The van der Waals surface area contributed by atoms with Crippen LogP contribution in [-0.2, 0) is 24.9 Å². The molecule has 264 valence electrons. The third-order valence-electron chi connectivity index (χ3n) is 9.84. The summed E-state index contributed by atoms with van der Waals surface area (Å²) in [6.07, 6.45) is 11.0. The molecule has 8 nitrogen and oxygen atoms in total. The molecule has 2 aromatic carbocycles. The number of carbonyl (C=O) groups is 1. The van der Waals surface area contributed by atoms with Crippen molar-refractivity contribution >= 4 is 29.1 Å². The number of allylic oxidation sites excluding steroid dienone is 3. The zero-order valence-electron chi connectivity index (χ0n) is 29.3. The Hall–Kier alpha value is -4.31. The highest BCUT2D eigenvalue weighted by Crippen LogP contribution is 2.42. The summed E-state index contributed by atoms with van der Waals surface area (Å²) < 4.78 is 1.93. The van der Waals surface area contributed by atoms with Crippen molar-refractivity contribution in [3.05, 3.63) is 131 Å². The molecular weight excluding hydrogens is 677 g/mol. The average Bonchev–Trinajstić information content (AvgIpc) is 3.82. The van der Waals surface area contributed by atoms with E-state index >= 15 is 0 Å². The van der Waals surface area contributed by atoms with Gasteiger partial charge in [-0.1, -0.05) is 84.4 Å². The SMILES string of the molecule is C=C/C=C(/CNC1(C(N)=O)CC1)N=c1cc(-c2cccc(-c3cccc(-c4ccc5c(n4)CN(CC(CCC=C)NC)C5)c3Cl)c2Cl)ccn1C. The second kappa shape index (κ2) is 15.9. The molecule has 0 bridgehead atoms. The lowest BCUT2D eigenvalue weighted by Gasteiger charge is -2.22. The second-order valence-electron chi connectivity index (χ2n) is 13.3. The third-order valence-corrected chi connectivity index (χ3v) is 10.7. The van der Waals surface area contributed by atoms with E-state index in [1.54, 1.807) is 6.08 Å². The van der Waals surface area contributed by atoms with E-state index in [0.717, 1.165) is 90.2 Å². The number of aryl methyl sites for hydroxylation is 1. The fourth-order valence-corrected chi connectivity index (χ4v) is 7.27. The number of primary amides is 1. The summed E-state index contributed by atoms with van der Waals surface area (Å²) in [4.78, 5) is 24.4. The van der Waals surface area contributed by atoms with Gasteiger partial charge in [0, 0.05) is 67.7 Å². The number of likely N-dealkylation sites (N-methyl/N-ethyl adjacent to an activating group) is 1. The lowest BCUT2D eigenvalue weighted by molar-refractivity contribution is -0.120. The lowest BCUT2D eigenvalue weighted by Crippen LogP contribution is -2.44. The molecule has 2 aliphatic rings. The fourth-order valence-electron chi connectivity index (χ4n) is 6.61. The molecule has 0 spiro atoms. The largest absolute Gasteiger partial charge is 0.368 e. The molecule has 4 N–H and O–H groups in total. The first-order chi connectivity index (χ1) is 24.7. The Bertz CT molecular complexity index is 2060. The normalized spacial score (nSPS) is 16.2. The summed E-state index contributed by atoms with van der Waals surface area (Å²) in [7, 11) is 3.96. The van der Waals surface area contributed by atoms with Gasteiger partial charge in [-0.25, -0.2) is 4.99 Å². The van der Waals surface area contributed by atoms with Crippen LogP contribution in [0.25, 0.3) is 33.5 Å². The van der Waals surface area contributed by atoms with Gasteiger partial charge < -0.3 is 15.6 Å². The molecule has 2 aromatic heterocycles. The first kappa shape index (κ1) is 36.5. The highest BCUT2D eigenvalue weighted by molar-refractivity contribution is 6.39. The molecule has 1 fully saturated rings. The van der Waals surface area contributed by atoms with E-state index in [1.165, 1.54) is 5.56 Å². The van der Waals surface area contributed by atoms with Crippen LogP contribution in [0.1, 0.15) is 36.9 Å².